The average molecular weight is 261 g/mol. The molecule has 3 aliphatic rings. The van der Waals surface area contributed by atoms with E-state index in [0.29, 0.717) is 12.0 Å². The minimum absolute atomic E-state index is 0.0287. The van der Waals surface area contributed by atoms with Crippen molar-refractivity contribution in [2.24, 2.45) is 17.1 Å². The van der Waals surface area contributed by atoms with Gasteiger partial charge in [-0.2, -0.15) is 5.26 Å². The summed E-state index contributed by atoms with van der Waals surface area (Å²) < 4.78 is 0. The van der Waals surface area contributed by atoms with Crippen LogP contribution >= 0.6 is 0 Å². The summed E-state index contributed by atoms with van der Waals surface area (Å²) >= 11 is 0. The van der Waals surface area contributed by atoms with Gasteiger partial charge in [-0.05, 0) is 37.0 Å². The fraction of sp³-hybridized carbons (Fsp3) is 0.867. The third-order valence-corrected chi connectivity index (χ3v) is 5.52. The number of fused-ring (bicyclic) bond motifs is 1. The minimum Gasteiger partial charge on any atom is -0.322 e. The van der Waals surface area contributed by atoms with Gasteiger partial charge in [0.25, 0.3) is 0 Å². The van der Waals surface area contributed by atoms with Crippen LogP contribution in [0, 0.1) is 22.7 Å². The van der Waals surface area contributed by atoms with Crippen molar-refractivity contribution >= 4 is 5.91 Å². The molecule has 3 rings (SSSR count). The zero-order valence-corrected chi connectivity index (χ0v) is 11.6. The molecule has 0 spiro atoms. The minimum atomic E-state index is -0.428. The van der Waals surface area contributed by atoms with Crippen LogP contribution in [0.5, 0.6) is 0 Å². The molecule has 2 N–H and O–H groups in total. The van der Waals surface area contributed by atoms with E-state index in [1.807, 2.05) is 4.90 Å². The summed E-state index contributed by atoms with van der Waals surface area (Å²) in [5, 5.41) is 9.20. The molecular weight excluding hydrogens is 238 g/mol. The number of nitriles is 1. The Kier molecular flexibility index (Phi) is 3.05. The Morgan fingerprint density at radius 3 is 2.68 bits per heavy atom. The molecule has 0 aromatic rings. The van der Waals surface area contributed by atoms with Crippen molar-refractivity contribution in [1.29, 1.82) is 5.26 Å². The number of nitrogens with two attached hydrogens (primary N) is 1. The molecule has 1 aliphatic heterocycles. The Labute approximate surface area is 114 Å². The van der Waals surface area contributed by atoms with Crippen molar-refractivity contribution < 1.29 is 4.79 Å². The lowest BCUT2D eigenvalue weighted by molar-refractivity contribution is -0.137. The number of piperidine rings is 1. The second-order valence-corrected chi connectivity index (χ2v) is 6.88. The van der Waals surface area contributed by atoms with Crippen LogP contribution in [-0.4, -0.2) is 28.9 Å². The molecular formula is C15H23N3O. The van der Waals surface area contributed by atoms with E-state index >= 15 is 0 Å². The lowest BCUT2D eigenvalue weighted by Gasteiger charge is -2.40. The maximum Gasteiger partial charge on any atom is 0.241 e. The normalized spacial score (nSPS) is 37.3. The first-order valence-corrected chi connectivity index (χ1v) is 7.54. The molecule has 4 atom stereocenters. The number of nitrogens with zero attached hydrogens (tertiary/aromatic N) is 2. The SMILES string of the molecule is CC1(C(N)C(=O)N2[C@H](C#N)C[C@@H]3C[C@@H]32)CCCCC1. The Bertz CT molecular complexity index is 422. The second-order valence-electron chi connectivity index (χ2n) is 6.88. The molecule has 4 nitrogen and oxygen atoms in total. The first-order chi connectivity index (χ1) is 9.07. The van der Waals surface area contributed by atoms with Gasteiger partial charge in [0.1, 0.15) is 6.04 Å². The molecule has 3 fully saturated rings. The second kappa shape index (κ2) is 4.49. The van der Waals surface area contributed by atoms with Crippen LogP contribution in [0.1, 0.15) is 51.9 Å². The predicted octanol–water partition coefficient (Wildman–Crippen LogP) is 1.80. The van der Waals surface area contributed by atoms with Gasteiger partial charge in [-0.25, -0.2) is 0 Å². The average Bonchev–Trinajstić information content (AvgIpc) is 3.09. The van der Waals surface area contributed by atoms with E-state index in [-0.39, 0.29) is 17.4 Å². The molecule has 0 bridgehead atoms. The molecule has 19 heavy (non-hydrogen) atoms. The van der Waals surface area contributed by atoms with Gasteiger partial charge in [-0.1, -0.05) is 26.2 Å². The van der Waals surface area contributed by atoms with Gasteiger partial charge in [-0.3, -0.25) is 4.79 Å². The van der Waals surface area contributed by atoms with E-state index in [1.54, 1.807) is 0 Å². The number of likely N-dealkylation sites (tertiary alicyclic amines) is 1. The van der Waals surface area contributed by atoms with Crippen molar-refractivity contribution in [2.45, 2.75) is 70.0 Å². The summed E-state index contributed by atoms with van der Waals surface area (Å²) in [4.78, 5) is 14.5. The van der Waals surface area contributed by atoms with E-state index in [0.717, 1.165) is 25.7 Å². The number of amides is 1. The van der Waals surface area contributed by atoms with Crippen LogP contribution in [0.2, 0.25) is 0 Å². The molecule has 0 aromatic heterocycles. The number of carbonyl (C=O) groups excluding carboxylic acids is 1. The Morgan fingerprint density at radius 1 is 1.37 bits per heavy atom. The van der Waals surface area contributed by atoms with Gasteiger partial charge >= 0.3 is 0 Å². The van der Waals surface area contributed by atoms with Gasteiger partial charge in [0.05, 0.1) is 12.1 Å². The van der Waals surface area contributed by atoms with E-state index < -0.39 is 6.04 Å². The van der Waals surface area contributed by atoms with Crippen molar-refractivity contribution in [3.05, 3.63) is 0 Å². The lowest BCUT2D eigenvalue weighted by atomic mass is 9.70. The molecule has 4 heteroatoms. The number of carbonyl (C=O) groups is 1. The molecule has 104 valence electrons. The number of rotatable bonds is 2. The highest BCUT2D eigenvalue weighted by molar-refractivity contribution is 5.84. The Morgan fingerprint density at radius 2 is 2.05 bits per heavy atom. The third-order valence-electron chi connectivity index (χ3n) is 5.52. The van der Waals surface area contributed by atoms with E-state index in [1.165, 1.54) is 19.3 Å². The highest BCUT2D eigenvalue weighted by atomic mass is 16.2. The monoisotopic (exact) mass is 261 g/mol. The van der Waals surface area contributed by atoms with Gasteiger partial charge < -0.3 is 10.6 Å². The maximum atomic E-state index is 12.7. The molecule has 0 aromatic carbocycles. The highest BCUT2D eigenvalue weighted by Gasteiger charge is 2.56. The zero-order valence-electron chi connectivity index (χ0n) is 11.6. The number of hydrogen-bond donors (Lipinski definition) is 1. The lowest BCUT2D eigenvalue weighted by Crippen LogP contribution is -2.54. The van der Waals surface area contributed by atoms with Crippen LogP contribution in [0.3, 0.4) is 0 Å². The summed E-state index contributed by atoms with van der Waals surface area (Å²) in [5.41, 5.74) is 6.24. The van der Waals surface area contributed by atoms with Crippen LogP contribution in [0.25, 0.3) is 0 Å². The molecule has 1 heterocycles. The van der Waals surface area contributed by atoms with Gasteiger partial charge in [0.2, 0.25) is 5.91 Å². The fourth-order valence-electron chi connectivity index (χ4n) is 4.02. The van der Waals surface area contributed by atoms with Gasteiger partial charge in [0.15, 0.2) is 0 Å². The maximum absolute atomic E-state index is 12.7. The van der Waals surface area contributed by atoms with Crippen LogP contribution in [-0.2, 0) is 4.79 Å². The molecule has 0 radical (unpaired) electrons. The highest BCUT2D eigenvalue weighted by Crippen LogP contribution is 2.49. The first-order valence-electron chi connectivity index (χ1n) is 7.54. The van der Waals surface area contributed by atoms with Crippen LogP contribution in [0.4, 0.5) is 0 Å². The van der Waals surface area contributed by atoms with Gasteiger partial charge in [-0.15, -0.1) is 0 Å². The molecule has 1 saturated heterocycles. The summed E-state index contributed by atoms with van der Waals surface area (Å²) in [5.74, 6) is 0.598. The van der Waals surface area contributed by atoms with E-state index in [4.69, 9.17) is 5.73 Å². The van der Waals surface area contributed by atoms with Gasteiger partial charge in [0, 0.05) is 6.04 Å². The Hall–Kier alpha value is -1.08. The van der Waals surface area contributed by atoms with Crippen molar-refractivity contribution in [3.8, 4) is 6.07 Å². The quantitative estimate of drug-likeness (QED) is 0.824. The largest absolute Gasteiger partial charge is 0.322 e. The van der Waals surface area contributed by atoms with Crippen LogP contribution < -0.4 is 5.73 Å². The molecule has 1 unspecified atom stereocenters. The van der Waals surface area contributed by atoms with Crippen LogP contribution in [0.15, 0.2) is 0 Å². The molecule has 2 saturated carbocycles. The Balaban J connectivity index is 1.74. The van der Waals surface area contributed by atoms with Crippen molar-refractivity contribution in [3.63, 3.8) is 0 Å². The van der Waals surface area contributed by atoms with Crippen molar-refractivity contribution in [2.75, 3.05) is 0 Å². The summed E-state index contributed by atoms with van der Waals surface area (Å²) in [7, 11) is 0. The molecule has 1 amide bonds. The summed E-state index contributed by atoms with van der Waals surface area (Å²) in [6.45, 7) is 2.15. The summed E-state index contributed by atoms with van der Waals surface area (Å²) in [6, 6.07) is 1.94. The summed E-state index contributed by atoms with van der Waals surface area (Å²) in [6.07, 6.45) is 7.62. The predicted molar refractivity (Wildman–Crippen MR) is 71.9 cm³/mol. The van der Waals surface area contributed by atoms with Crippen molar-refractivity contribution in [1.82, 2.24) is 4.90 Å². The first kappa shape index (κ1) is 12.9. The van der Waals surface area contributed by atoms with E-state index in [2.05, 4.69) is 13.0 Å². The number of hydrogen-bond acceptors (Lipinski definition) is 3. The van der Waals surface area contributed by atoms with E-state index in [9.17, 15) is 10.1 Å². The molecule has 2 aliphatic carbocycles. The smallest absolute Gasteiger partial charge is 0.241 e. The standard InChI is InChI=1S/C15H23N3O/c1-15(5-3-2-4-6-15)13(17)14(19)18-11(9-16)7-10-8-12(10)18/h10-13H,2-8,17H2,1H3/t10-,11+,12+,13?/m1/s1. The topological polar surface area (TPSA) is 70.1 Å². The third kappa shape index (κ3) is 2.04. The fourth-order valence-corrected chi connectivity index (χ4v) is 4.02. The zero-order chi connectivity index (χ0) is 13.6.